The molecule has 0 aliphatic carbocycles. The molecule has 0 atom stereocenters. The lowest BCUT2D eigenvalue weighted by atomic mass is 9.40. The summed E-state index contributed by atoms with van der Waals surface area (Å²) in [5.41, 5.74) is -2.58. The molecule has 3 rings (SSSR count). The van der Waals surface area contributed by atoms with Crippen molar-refractivity contribution >= 4 is 43.7 Å². The van der Waals surface area contributed by atoms with Crippen LogP contribution in [0, 0.1) is 5.82 Å². The molecule has 37 heavy (non-hydrogen) atoms. The first-order valence-electron chi connectivity index (χ1n) is 10.0. The lowest BCUT2D eigenvalue weighted by Gasteiger charge is -2.24. The van der Waals surface area contributed by atoms with Crippen molar-refractivity contribution in [2.45, 2.75) is 18.0 Å². The fourth-order valence-electron chi connectivity index (χ4n) is 3.02. The molecule has 3 aromatic rings. The van der Waals surface area contributed by atoms with Crippen molar-refractivity contribution in [3.05, 3.63) is 87.6 Å². The van der Waals surface area contributed by atoms with Gasteiger partial charge in [0.15, 0.2) is 0 Å². The van der Waals surface area contributed by atoms with E-state index >= 15 is 0 Å². The predicted molar refractivity (Wildman–Crippen MR) is 128 cm³/mol. The molecule has 3 N–H and O–H groups in total. The van der Waals surface area contributed by atoms with E-state index in [-0.39, 0.29) is 17.0 Å². The van der Waals surface area contributed by atoms with Gasteiger partial charge in [0, 0.05) is 18.0 Å². The number of amides is 1. The fourth-order valence-corrected chi connectivity index (χ4v) is 3.25. The molecule has 16 heteroatoms. The number of aromatic nitrogens is 1. The van der Waals surface area contributed by atoms with Gasteiger partial charge in [-0.2, -0.15) is 13.2 Å². The number of anilines is 1. The standard InChI is InChI=1S/C21H14B3F4N2O6P/c22-20(23,24)15-8-12(25)2-4-16(15)36-17-7-11(21(26,27)28)1-3-14(17)19(32)29-13-5-6-30(18(31)9-13)10-35-37(33)34/h1-9,33-34H,10H2,(H,29,32). The van der Waals surface area contributed by atoms with Gasteiger partial charge >= 0.3 is 14.8 Å². The largest absolute Gasteiger partial charge is 0.456 e. The van der Waals surface area contributed by atoms with Crippen molar-refractivity contribution in [1.82, 2.24) is 4.57 Å². The Hall–Kier alpha value is -3.12. The molecule has 0 spiro atoms. The molecule has 0 aliphatic rings. The van der Waals surface area contributed by atoms with Crippen molar-refractivity contribution in [2.24, 2.45) is 0 Å². The average molecular weight is 530 g/mol. The minimum Gasteiger partial charge on any atom is -0.456 e. The summed E-state index contributed by atoms with van der Waals surface area (Å²) in [6, 6.07) is 7.04. The number of benzene rings is 2. The lowest BCUT2D eigenvalue weighted by Crippen LogP contribution is -2.27. The van der Waals surface area contributed by atoms with E-state index in [1.165, 1.54) is 12.3 Å². The van der Waals surface area contributed by atoms with Crippen LogP contribution in [0.5, 0.6) is 11.5 Å². The molecule has 0 saturated heterocycles. The number of nitrogens with one attached hydrogen (secondary N) is 1. The predicted octanol–water partition coefficient (Wildman–Crippen LogP) is 2.85. The SMILES string of the molecule is [B]C([B])([B])c1cc(F)ccc1Oc1cc(C(F)(F)F)ccc1C(=O)Nc1ccn(COP(O)O)c(=O)c1. The van der Waals surface area contributed by atoms with Gasteiger partial charge in [-0.15, -0.1) is 5.11 Å². The van der Waals surface area contributed by atoms with Crippen LogP contribution >= 0.6 is 8.60 Å². The van der Waals surface area contributed by atoms with Crippen molar-refractivity contribution in [3.8, 4) is 11.5 Å². The van der Waals surface area contributed by atoms with Gasteiger partial charge in [0.05, 0.1) is 34.7 Å². The van der Waals surface area contributed by atoms with Gasteiger partial charge in [0.1, 0.15) is 24.0 Å². The molecular formula is C21H14B3F4N2O6P. The highest BCUT2D eigenvalue weighted by Gasteiger charge is 2.32. The van der Waals surface area contributed by atoms with Gasteiger partial charge in [0.25, 0.3) is 11.5 Å². The number of ether oxygens (including phenoxy) is 1. The van der Waals surface area contributed by atoms with E-state index in [0.29, 0.717) is 12.1 Å². The first-order valence-corrected chi connectivity index (χ1v) is 11.2. The summed E-state index contributed by atoms with van der Waals surface area (Å²) in [6.07, 6.45) is -3.62. The molecule has 2 aromatic carbocycles. The summed E-state index contributed by atoms with van der Waals surface area (Å²) >= 11 is 0. The minimum atomic E-state index is -4.80. The van der Waals surface area contributed by atoms with Crippen molar-refractivity contribution in [2.75, 3.05) is 5.32 Å². The highest BCUT2D eigenvalue weighted by Crippen LogP contribution is 2.37. The molecule has 6 radical (unpaired) electrons. The van der Waals surface area contributed by atoms with Crippen LogP contribution in [0.1, 0.15) is 21.5 Å². The molecule has 1 heterocycles. The molecular weight excluding hydrogens is 516 g/mol. The zero-order valence-electron chi connectivity index (χ0n) is 18.6. The number of hydrogen-bond acceptors (Lipinski definition) is 6. The third-order valence-electron chi connectivity index (χ3n) is 4.75. The Bertz CT molecular complexity index is 1370. The van der Waals surface area contributed by atoms with Crippen molar-refractivity contribution in [3.63, 3.8) is 0 Å². The zero-order chi connectivity index (χ0) is 27.5. The molecule has 8 nitrogen and oxygen atoms in total. The maximum absolute atomic E-state index is 13.7. The Morgan fingerprint density at radius 2 is 1.73 bits per heavy atom. The van der Waals surface area contributed by atoms with Crippen LogP contribution in [0.4, 0.5) is 23.2 Å². The number of nitrogens with zero attached hydrogens (tertiary/aromatic N) is 1. The molecule has 0 unspecified atom stereocenters. The Labute approximate surface area is 212 Å². The first kappa shape index (κ1) is 28.5. The number of carbonyl (C=O) groups is 1. The number of pyridine rings is 1. The molecule has 186 valence electrons. The Balaban J connectivity index is 1.98. The average Bonchev–Trinajstić information content (AvgIpc) is 2.78. The Kier molecular flexibility index (Phi) is 8.54. The Morgan fingerprint density at radius 1 is 1.03 bits per heavy atom. The van der Waals surface area contributed by atoms with Crippen LogP contribution in [0.15, 0.2) is 59.5 Å². The second-order valence-corrected chi connectivity index (χ2v) is 8.34. The van der Waals surface area contributed by atoms with E-state index in [1.807, 2.05) is 0 Å². The normalized spacial score (nSPS) is 12.0. The van der Waals surface area contributed by atoms with Gasteiger partial charge in [0.2, 0.25) is 0 Å². The van der Waals surface area contributed by atoms with Gasteiger partial charge in [-0.3, -0.25) is 18.7 Å². The van der Waals surface area contributed by atoms with Gasteiger partial charge < -0.3 is 19.8 Å². The van der Waals surface area contributed by atoms with E-state index in [2.05, 4.69) is 9.84 Å². The van der Waals surface area contributed by atoms with Crippen LogP contribution in [0.25, 0.3) is 0 Å². The number of alkyl halides is 3. The summed E-state index contributed by atoms with van der Waals surface area (Å²) in [6.45, 7) is -0.479. The summed E-state index contributed by atoms with van der Waals surface area (Å²) in [7, 11) is 14.2. The second-order valence-electron chi connectivity index (χ2n) is 7.57. The molecule has 0 bridgehead atoms. The molecule has 0 saturated carbocycles. The number of halogens is 4. The van der Waals surface area contributed by atoms with Gasteiger partial charge in [-0.1, -0.05) is 0 Å². The number of carbonyl (C=O) groups excluding carboxylic acids is 1. The van der Waals surface area contributed by atoms with Gasteiger partial charge in [-0.25, -0.2) is 4.39 Å². The van der Waals surface area contributed by atoms with Crippen LogP contribution in [-0.2, 0) is 22.5 Å². The quantitative estimate of drug-likeness (QED) is 0.235. The molecule has 0 aliphatic heterocycles. The first-order chi connectivity index (χ1) is 17.1. The summed E-state index contributed by atoms with van der Waals surface area (Å²) in [5, 5.41) is 0.210. The van der Waals surface area contributed by atoms with Crippen molar-refractivity contribution < 1.29 is 41.4 Å². The second kappa shape index (κ2) is 11.1. The highest BCUT2D eigenvalue weighted by atomic mass is 31.2. The van der Waals surface area contributed by atoms with E-state index in [1.54, 1.807) is 0 Å². The summed E-state index contributed by atoms with van der Waals surface area (Å²) in [4.78, 5) is 42.7. The van der Waals surface area contributed by atoms with Crippen LogP contribution in [-0.4, -0.2) is 43.8 Å². The van der Waals surface area contributed by atoms with Gasteiger partial charge in [-0.05, 0) is 48.0 Å². The third kappa shape index (κ3) is 7.45. The summed E-state index contributed by atoms with van der Waals surface area (Å²) < 4.78 is 64.8. The van der Waals surface area contributed by atoms with Crippen LogP contribution < -0.4 is 15.6 Å². The minimum absolute atomic E-state index is 0.0419. The van der Waals surface area contributed by atoms with Crippen LogP contribution in [0.2, 0.25) is 0 Å². The molecule has 0 fully saturated rings. The van der Waals surface area contributed by atoms with E-state index < -0.39 is 60.8 Å². The van der Waals surface area contributed by atoms with E-state index in [0.717, 1.165) is 34.9 Å². The topological polar surface area (TPSA) is 110 Å². The Morgan fingerprint density at radius 3 is 2.32 bits per heavy atom. The summed E-state index contributed by atoms with van der Waals surface area (Å²) in [5.74, 6) is -2.66. The smallest absolute Gasteiger partial charge is 0.416 e. The van der Waals surface area contributed by atoms with Crippen LogP contribution in [0.3, 0.4) is 0 Å². The highest BCUT2D eigenvalue weighted by molar-refractivity contribution is 7.39. The van der Waals surface area contributed by atoms with E-state index in [4.69, 9.17) is 38.1 Å². The maximum atomic E-state index is 13.7. The monoisotopic (exact) mass is 530 g/mol. The number of hydrogen-bond donors (Lipinski definition) is 3. The maximum Gasteiger partial charge on any atom is 0.416 e. The third-order valence-corrected chi connectivity index (χ3v) is 5.09. The lowest BCUT2D eigenvalue weighted by molar-refractivity contribution is -0.137. The van der Waals surface area contributed by atoms with E-state index in [9.17, 15) is 27.2 Å². The fraction of sp³-hybridized carbons (Fsp3) is 0.143. The molecule has 1 amide bonds. The number of rotatable bonds is 8. The van der Waals surface area contributed by atoms with Crippen molar-refractivity contribution in [1.29, 1.82) is 0 Å². The molecule has 1 aromatic heterocycles. The zero-order valence-corrected chi connectivity index (χ0v) is 19.5.